The lowest BCUT2D eigenvalue weighted by Gasteiger charge is -2.32. The van der Waals surface area contributed by atoms with E-state index in [0.29, 0.717) is 0 Å². The molecule has 1 saturated heterocycles. The van der Waals surface area contributed by atoms with Crippen LogP contribution < -0.4 is 10.2 Å². The first-order valence-electron chi connectivity index (χ1n) is 7.18. The van der Waals surface area contributed by atoms with Crippen molar-refractivity contribution >= 4 is 22.3 Å². The normalized spacial score (nSPS) is 18.8. The van der Waals surface area contributed by atoms with E-state index in [-0.39, 0.29) is 6.10 Å². The molecule has 0 radical (unpaired) electrons. The minimum absolute atomic E-state index is 0.273. The van der Waals surface area contributed by atoms with E-state index in [0.717, 1.165) is 42.8 Å². The van der Waals surface area contributed by atoms with Crippen LogP contribution in [0.25, 0.3) is 0 Å². The summed E-state index contributed by atoms with van der Waals surface area (Å²) < 4.78 is 5.56. The second-order valence-electron chi connectivity index (χ2n) is 5.28. The Morgan fingerprint density at radius 3 is 2.95 bits per heavy atom. The molecule has 2 aromatic heterocycles. The third kappa shape index (κ3) is 3.71. The van der Waals surface area contributed by atoms with Gasteiger partial charge in [0.05, 0.1) is 12.7 Å². The van der Waals surface area contributed by atoms with Crippen LogP contribution in [0.5, 0.6) is 0 Å². The monoisotopic (exact) mass is 304 g/mol. The SMILES string of the molecule is Cc1cnc(NCc2ccc(N3CCO[C@H](C)C3)nc2)s1. The summed E-state index contributed by atoms with van der Waals surface area (Å²) in [7, 11) is 0. The van der Waals surface area contributed by atoms with Crippen LogP contribution >= 0.6 is 11.3 Å². The van der Waals surface area contributed by atoms with Crippen LogP contribution in [0.4, 0.5) is 10.9 Å². The van der Waals surface area contributed by atoms with Crippen LogP contribution in [-0.4, -0.2) is 35.8 Å². The third-order valence-corrected chi connectivity index (χ3v) is 4.31. The number of morpholine rings is 1. The summed E-state index contributed by atoms with van der Waals surface area (Å²) in [5.74, 6) is 1.03. The first-order valence-corrected chi connectivity index (χ1v) is 8.00. The lowest BCUT2D eigenvalue weighted by Crippen LogP contribution is -2.41. The highest BCUT2D eigenvalue weighted by atomic mass is 32.1. The quantitative estimate of drug-likeness (QED) is 0.941. The van der Waals surface area contributed by atoms with Crippen molar-refractivity contribution in [1.82, 2.24) is 9.97 Å². The van der Waals surface area contributed by atoms with Gasteiger partial charge in [-0.3, -0.25) is 0 Å². The molecular formula is C15H20N4OS. The van der Waals surface area contributed by atoms with Crippen LogP contribution in [0.3, 0.4) is 0 Å². The summed E-state index contributed by atoms with van der Waals surface area (Å²) in [6, 6.07) is 4.21. The van der Waals surface area contributed by atoms with Gasteiger partial charge in [0, 0.05) is 36.9 Å². The second kappa shape index (κ2) is 6.41. The maximum absolute atomic E-state index is 5.56. The van der Waals surface area contributed by atoms with E-state index >= 15 is 0 Å². The number of aromatic nitrogens is 2. The van der Waals surface area contributed by atoms with E-state index in [1.165, 1.54) is 4.88 Å². The molecule has 0 spiro atoms. The van der Waals surface area contributed by atoms with E-state index in [4.69, 9.17) is 4.74 Å². The van der Waals surface area contributed by atoms with E-state index in [1.807, 2.05) is 12.4 Å². The van der Waals surface area contributed by atoms with Crippen molar-refractivity contribution in [3.05, 3.63) is 35.0 Å². The highest BCUT2D eigenvalue weighted by Gasteiger charge is 2.17. The largest absolute Gasteiger partial charge is 0.375 e. The number of anilines is 2. The maximum atomic E-state index is 5.56. The van der Waals surface area contributed by atoms with Gasteiger partial charge in [0.15, 0.2) is 5.13 Å². The lowest BCUT2D eigenvalue weighted by atomic mass is 10.2. The molecule has 0 aliphatic carbocycles. The zero-order valence-electron chi connectivity index (χ0n) is 12.4. The number of ether oxygens (including phenoxy) is 1. The summed E-state index contributed by atoms with van der Waals surface area (Å²) in [4.78, 5) is 12.4. The molecule has 3 heterocycles. The smallest absolute Gasteiger partial charge is 0.183 e. The van der Waals surface area contributed by atoms with Crippen molar-refractivity contribution in [2.24, 2.45) is 0 Å². The van der Waals surface area contributed by atoms with Crippen LogP contribution in [-0.2, 0) is 11.3 Å². The molecule has 0 aromatic carbocycles. The highest BCUT2D eigenvalue weighted by molar-refractivity contribution is 7.15. The van der Waals surface area contributed by atoms with Gasteiger partial charge in [0.1, 0.15) is 5.82 Å². The first-order chi connectivity index (χ1) is 10.2. The van der Waals surface area contributed by atoms with Crippen molar-refractivity contribution in [1.29, 1.82) is 0 Å². The summed E-state index contributed by atoms with van der Waals surface area (Å²) in [6.07, 6.45) is 4.09. The van der Waals surface area contributed by atoms with Gasteiger partial charge in [-0.2, -0.15) is 0 Å². The molecule has 2 aromatic rings. The standard InChI is InChI=1S/C15H20N4OS/c1-11-10-19(5-6-20-11)14-4-3-13(8-16-14)9-18-15-17-7-12(2)21-15/h3-4,7-8,11H,5-6,9-10H2,1-2H3,(H,17,18)/t11-/m1/s1. The zero-order chi connectivity index (χ0) is 14.7. The summed E-state index contributed by atoms with van der Waals surface area (Å²) >= 11 is 1.67. The van der Waals surface area contributed by atoms with Gasteiger partial charge >= 0.3 is 0 Å². The number of hydrogen-bond acceptors (Lipinski definition) is 6. The average molecular weight is 304 g/mol. The molecule has 1 fully saturated rings. The van der Waals surface area contributed by atoms with Gasteiger partial charge in [0.2, 0.25) is 0 Å². The Bertz CT molecular complexity index is 584. The second-order valence-corrected chi connectivity index (χ2v) is 6.52. The topological polar surface area (TPSA) is 50.3 Å². The Morgan fingerprint density at radius 2 is 2.29 bits per heavy atom. The first kappa shape index (κ1) is 14.3. The van der Waals surface area contributed by atoms with E-state index in [2.05, 4.69) is 46.2 Å². The molecule has 1 aliphatic rings. The highest BCUT2D eigenvalue weighted by Crippen LogP contribution is 2.18. The van der Waals surface area contributed by atoms with Gasteiger partial charge in [-0.1, -0.05) is 6.07 Å². The van der Waals surface area contributed by atoms with Gasteiger partial charge in [-0.25, -0.2) is 9.97 Å². The van der Waals surface area contributed by atoms with Crippen molar-refractivity contribution in [2.45, 2.75) is 26.5 Å². The van der Waals surface area contributed by atoms with Crippen molar-refractivity contribution in [2.75, 3.05) is 29.9 Å². The number of rotatable bonds is 4. The molecule has 1 aliphatic heterocycles. The average Bonchev–Trinajstić information content (AvgIpc) is 2.91. The molecule has 0 bridgehead atoms. The summed E-state index contributed by atoms with van der Waals surface area (Å²) in [5, 5.41) is 4.28. The van der Waals surface area contributed by atoms with Gasteiger partial charge in [0.25, 0.3) is 0 Å². The molecule has 5 nitrogen and oxygen atoms in total. The third-order valence-electron chi connectivity index (χ3n) is 3.44. The van der Waals surface area contributed by atoms with Crippen LogP contribution in [0.2, 0.25) is 0 Å². The Labute approximate surface area is 129 Å². The predicted octanol–water partition coefficient (Wildman–Crippen LogP) is 2.68. The minimum atomic E-state index is 0.273. The van der Waals surface area contributed by atoms with E-state index in [9.17, 15) is 0 Å². The summed E-state index contributed by atoms with van der Waals surface area (Å²) in [6.45, 7) is 7.49. The molecule has 21 heavy (non-hydrogen) atoms. The lowest BCUT2D eigenvalue weighted by molar-refractivity contribution is 0.0529. The van der Waals surface area contributed by atoms with Gasteiger partial charge < -0.3 is 15.0 Å². The van der Waals surface area contributed by atoms with E-state index in [1.54, 1.807) is 11.3 Å². The molecule has 3 rings (SSSR count). The van der Waals surface area contributed by atoms with E-state index < -0.39 is 0 Å². The number of nitrogens with zero attached hydrogens (tertiary/aromatic N) is 3. The Balaban J connectivity index is 1.58. The number of thiazole rings is 1. The fraction of sp³-hybridized carbons (Fsp3) is 0.467. The van der Waals surface area contributed by atoms with Crippen LogP contribution in [0, 0.1) is 6.92 Å². The number of hydrogen-bond donors (Lipinski definition) is 1. The van der Waals surface area contributed by atoms with Crippen molar-refractivity contribution < 1.29 is 4.74 Å². The fourth-order valence-corrected chi connectivity index (χ4v) is 3.01. The molecule has 1 N–H and O–H groups in total. The molecule has 1 atom stereocenters. The number of pyridine rings is 1. The fourth-order valence-electron chi connectivity index (χ4n) is 2.35. The molecule has 112 valence electrons. The molecule has 0 saturated carbocycles. The van der Waals surface area contributed by atoms with Crippen molar-refractivity contribution in [3.63, 3.8) is 0 Å². The maximum Gasteiger partial charge on any atom is 0.183 e. The summed E-state index contributed by atoms with van der Waals surface area (Å²) in [5.41, 5.74) is 1.16. The Hall–Kier alpha value is -1.66. The van der Waals surface area contributed by atoms with Crippen LogP contribution in [0.1, 0.15) is 17.4 Å². The molecule has 0 amide bonds. The number of aryl methyl sites for hydroxylation is 1. The minimum Gasteiger partial charge on any atom is -0.375 e. The van der Waals surface area contributed by atoms with Crippen molar-refractivity contribution in [3.8, 4) is 0 Å². The molecular weight excluding hydrogens is 284 g/mol. The van der Waals surface area contributed by atoms with Gasteiger partial charge in [-0.05, 0) is 25.5 Å². The Morgan fingerprint density at radius 1 is 1.38 bits per heavy atom. The molecule has 0 unspecified atom stereocenters. The van der Waals surface area contributed by atoms with Gasteiger partial charge in [-0.15, -0.1) is 11.3 Å². The zero-order valence-corrected chi connectivity index (χ0v) is 13.2. The van der Waals surface area contributed by atoms with Crippen LogP contribution in [0.15, 0.2) is 24.5 Å². The number of nitrogens with one attached hydrogen (secondary N) is 1. The predicted molar refractivity (Wildman–Crippen MR) is 86.0 cm³/mol. The molecule has 6 heteroatoms. The Kier molecular flexibility index (Phi) is 4.36.